The van der Waals surface area contributed by atoms with E-state index < -0.39 is 28.9 Å². The average Bonchev–Trinajstić information content (AvgIpc) is 2.79. The number of aromatic nitrogens is 2. The first-order valence-electron chi connectivity index (χ1n) is 11.6. The fraction of sp³-hybridized carbons (Fsp3) is 0.462. The van der Waals surface area contributed by atoms with E-state index in [-0.39, 0.29) is 5.56 Å². The molecular weight excluding hydrogens is 475 g/mol. The van der Waals surface area contributed by atoms with Crippen LogP contribution in [0, 0.1) is 12.7 Å². The maximum Gasteiger partial charge on any atom is 0.303 e. The van der Waals surface area contributed by atoms with Gasteiger partial charge in [0.15, 0.2) is 11.5 Å². The second-order valence-corrected chi connectivity index (χ2v) is 8.92. The van der Waals surface area contributed by atoms with Crippen molar-refractivity contribution in [2.24, 2.45) is 0 Å². The number of nitrogens with one attached hydrogen (secondary N) is 1. The Morgan fingerprint density at radius 3 is 2.42 bits per heavy atom. The van der Waals surface area contributed by atoms with Crippen molar-refractivity contribution in [3.05, 3.63) is 53.1 Å². The molecule has 1 atom stereocenters. The Bertz CT molecular complexity index is 1220. The predicted octanol–water partition coefficient (Wildman–Crippen LogP) is 5.54. The van der Waals surface area contributed by atoms with E-state index >= 15 is 4.39 Å². The second-order valence-electron chi connectivity index (χ2n) is 8.92. The van der Waals surface area contributed by atoms with Crippen LogP contribution in [0.3, 0.4) is 0 Å². The largest absolute Gasteiger partial charge is 0.490 e. The molecule has 0 amide bonds. The molecule has 0 saturated carbocycles. The molecular formula is C26H32F3N3O4. The first-order valence-corrected chi connectivity index (χ1v) is 11.6. The molecule has 196 valence electrons. The van der Waals surface area contributed by atoms with Crippen LogP contribution in [0.4, 0.5) is 19.0 Å². The molecule has 7 nitrogen and oxygen atoms in total. The zero-order chi connectivity index (χ0) is 26.7. The summed E-state index contributed by atoms with van der Waals surface area (Å²) < 4.78 is 61.4. The fourth-order valence-electron chi connectivity index (χ4n) is 3.72. The normalized spacial score (nSPS) is 13.1. The Morgan fingerprint density at radius 1 is 1.08 bits per heavy atom. The Hall–Kier alpha value is -3.11. The van der Waals surface area contributed by atoms with Gasteiger partial charge in [-0.05, 0) is 46.8 Å². The number of alkyl halides is 2. The molecule has 0 aliphatic carbocycles. The molecule has 2 N–H and O–H groups in total. The zero-order valence-electron chi connectivity index (χ0n) is 21.3. The summed E-state index contributed by atoms with van der Waals surface area (Å²) in [5.74, 6) is -3.09. The summed E-state index contributed by atoms with van der Waals surface area (Å²) >= 11 is 0. The maximum absolute atomic E-state index is 15.3. The number of aryl methyl sites for hydroxylation is 1. The summed E-state index contributed by atoms with van der Waals surface area (Å²) in [7, 11) is 1.57. The van der Waals surface area contributed by atoms with E-state index in [1.807, 2.05) is 6.92 Å². The quantitative estimate of drug-likeness (QED) is 0.330. The number of methoxy groups -OCH3 is 1. The number of hydrogen-bond acceptors (Lipinski definition) is 7. The lowest BCUT2D eigenvalue weighted by atomic mass is 9.91. The van der Waals surface area contributed by atoms with Crippen LogP contribution in [-0.4, -0.2) is 47.6 Å². The minimum atomic E-state index is -3.80. The van der Waals surface area contributed by atoms with E-state index in [9.17, 15) is 13.9 Å². The van der Waals surface area contributed by atoms with Gasteiger partial charge in [0.1, 0.15) is 29.7 Å². The third-order valence-corrected chi connectivity index (χ3v) is 5.67. The van der Waals surface area contributed by atoms with Gasteiger partial charge in [-0.2, -0.15) is 8.78 Å². The zero-order valence-corrected chi connectivity index (χ0v) is 21.3. The summed E-state index contributed by atoms with van der Waals surface area (Å²) in [5, 5.41) is 13.6. The van der Waals surface area contributed by atoms with Crippen LogP contribution in [0.1, 0.15) is 50.7 Å². The van der Waals surface area contributed by atoms with Gasteiger partial charge in [-0.1, -0.05) is 12.1 Å². The molecule has 0 saturated heterocycles. The van der Waals surface area contributed by atoms with E-state index in [1.165, 1.54) is 12.1 Å². The highest BCUT2D eigenvalue weighted by molar-refractivity contribution is 5.92. The van der Waals surface area contributed by atoms with E-state index in [4.69, 9.17) is 14.2 Å². The Kier molecular flexibility index (Phi) is 8.30. The van der Waals surface area contributed by atoms with Crippen molar-refractivity contribution in [2.45, 2.75) is 52.2 Å². The lowest BCUT2D eigenvalue weighted by Crippen LogP contribution is -2.41. The first-order chi connectivity index (χ1) is 16.9. The van der Waals surface area contributed by atoms with Crippen LogP contribution in [0.15, 0.2) is 30.3 Å². The number of ether oxygens (including phenoxy) is 3. The van der Waals surface area contributed by atoms with E-state index in [2.05, 4.69) is 15.3 Å². The van der Waals surface area contributed by atoms with Crippen molar-refractivity contribution in [1.29, 1.82) is 0 Å². The topological polar surface area (TPSA) is 85.7 Å². The molecule has 0 aliphatic rings. The van der Waals surface area contributed by atoms with E-state index in [0.29, 0.717) is 53.9 Å². The molecule has 0 radical (unpaired) electrons. The molecule has 2 aromatic carbocycles. The molecule has 3 rings (SSSR count). The van der Waals surface area contributed by atoms with Gasteiger partial charge in [0.2, 0.25) is 0 Å². The van der Waals surface area contributed by atoms with E-state index in [1.54, 1.807) is 33.1 Å². The Labute approximate surface area is 208 Å². The highest BCUT2D eigenvalue weighted by Crippen LogP contribution is 2.41. The first kappa shape index (κ1) is 27.5. The summed E-state index contributed by atoms with van der Waals surface area (Å²) in [4.78, 5) is 8.94. The van der Waals surface area contributed by atoms with E-state index in [0.717, 1.165) is 19.9 Å². The van der Waals surface area contributed by atoms with Gasteiger partial charge in [0, 0.05) is 24.1 Å². The highest BCUT2D eigenvalue weighted by Gasteiger charge is 2.49. The number of hydrogen-bond donors (Lipinski definition) is 2. The summed E-state index contributed by atoms with van der Waals surface area (Å²) in [6.45, 7) is 8.18. The summed E-state index contributed by atoms with van der Waals surface area (Å²) in [5.41, 5.74) is -2.74. The predicted molar refractivity (Wildman–Crippen MR) is 131 cm³/mol. The molecule has 0 spiro atoms. The lowest BCUT2D eigenvalue weighted by molar-refractivity contribution is -0.170. The van der Waals surface area contributed by atoms with Gasteiger partial charge < -0.3 is 24.6 Å². The van der Waals surface area contributed by atoms with Crippen molar-refractivity contribution >= 4 is 16.7 Å². The maximum atomic E-state index is 15.3. The number of rotatable bonds is 11. The molecule has 1 aromatic heterocycles. The average molecular weight is 508 g/mol. The number of halogens is 3. The Balaban J connectivity index is 2.04. The monoisotopic (exact) mass is 507 g/mol. The number of anilines is 1. The summed E-state index contributed by atoms with van der Waals surface area (Å²) in [6, 6.07) is 6.44. The number of benzene rings is 2. The van der Waals surface area contributed by atoms with Crippen molar-refractivity contribution in [3.63, 3.8) is 0 Å². The molecule has 0 bridgehead atoms. The van der Waals surface area contributed by atoms with Gasteiger partial charge >= 0.3 is 5.92 Å². The van der Waals surface area contributed by atoms with Crippen LogP contribution < -0.4 is 14.8 Å². The number of aliphatic hydroxyl groups is 1. The SMILES string of the molecule is CCOc1cc2nc(C)nc(NC(C)c3cccc(C(F)(F)C(C)(C)O)c3F)c2cc1OCCOC. The van der Waals surface area contributed by atoms with Crippen LogP contribution in [0.2, 0.25) is 0 Å². The van der Waals surface area contributed by atoms with Crippen molar-refractivity contribution in [1.82, 2.24) is 9.97 Å². The van der Waals surface area contributed by atoms with Crippen LogP contribution >= 0.6 is 0 Å². The molecule has 10 heteroatoms. The number of fused-ring (bicyclic) bond motifs is 1. The van der Waals surface area contributed by atoms with Gasteiger partial charge in [-0.15, -0.1) is 0 Å². The summed E-state index contributed by atoms with van der Waals surface area (Å²) in [6.07, 6.45) is 0. The van der Waals surface area contributed by atoms with Crippen molar-refractivity contribution < 1.29 is 32.5 Å². The molecule has 3 aromatic rings. The second kappa shape index (κ2) is 10.9. The van der Waals surface area contributed by atoms with Gasteiger partial charge in [-0.25, -0.2) is 14.4 Å². The van der Waals surface area contributed by atoms with Crippen LogP contribution in [0.25, 0.3) is 10.9 Å². The highest BCUT2D eigenvalue weighted by atomic mass is 19.3. The van der Waals surface area contributed by atoms with Crippen LogP contribution in [0.5, 0.6) is 11.5 Å². The Morgan fingerprint density at radius 2 is 1.78 bits per heavy atom. The molecule has 1 heterocycles. The minimum absolute atomic E-state index is 0.00310. The minimum Gasteiger partial charge on any atom is -0.490 e. The van der Waals surface area contributed by atoms with Gasteiger partial charge in [0.05, 0.1) is 30.3 Å². The van der Waals surface area contributed by atoms with Crippen LogP contribution in [-0.2, 0) is 10.7 Å². The van der Waals surface area contributed by atoms with Gasteiger partial charge in [-0.3, -0.25) is 0 Å². The third-order valence-electron chi connectivity index (χ3n) is 5.67. The smallest absolute Gasteiger partial charge is 0.303 e. The standard InChI is InChI=1S/C26H32F3N3O4/c1-7-35-22-14-20-18(13-21(22)36-12-11-34-6)24(32-16(3)31-20)30-15(2)17-9-8-10-19(23(17)27)26(28,29)25(4,5)33/h8-10,13-15,33H,7,11-12H2,1-6H3,(H,30,31,32). The fourth-order valence-corrected chi connectivity index (χ4v) is 3.72. The van der Waals surface area contributed by atoms with Gasteiger partial charge in [0.25, 0.3) is 0 Å². The molecule has 0 fully saturated rings. The third kappa shape index (κ3) is 5.65. The molecule has 0 aliphatic heterocycles. The number of nitrogens with zero attached hydrogens (tertiary/aromatic N) is 2. The van der Waals surface area contributed by atoms with Crippen molar-refractivity contribution in [3.8, 4) is 11.5 Å². The molecule has 1 unspecified atom stereocenters. The lowest BCUT2D eigenvalue weighted by Gasteiger charge is -2.30. The van der Waals surface area contributed by atoms with Crippen molar-refractivity contribution in [2.75, 3.05) is 32.2 Å². The molecule has 36 heavy (non-hydrogen) atoms.